The van der Waals surface area contributed by atoms with E-state index in [1.165, 1.54) is 57.9 Å². The highest BCUT2D eigenvalue weighted by atomic mass is 14.8. The van der Waals surface area contributed by atoms with E-state index in [-0.39, 0.29) is 0 Å². The largest absolute Gasteiger partial charge is 0.320 e. The summed E-state index contributed by atoms with van der Waals surface area (Å²) >= 11 is 0. The average molecular weight is 199 g/mol. The highest BCUT2D eigenvalue weighted by Crippen LogP contribution is 2.19. The standard InChI is InChI=1S/C13H29N/c1-4-6-10-13(5-2)11-8-7-9-12-14-3/h13-14H,4-12H2,1-3H3. The fraction of sp³-hybridized carbons (Fsp3) is 1.00. The van der Waals surface area contributed by atoms with Gasteiger partial charge < -0.3 is 5.32 Å². The molecule has 0 aromatic rings. The van der Waals surface area contributed by atoms with E-state index in [1.54, 1.807) is 0 Å². The fourth-order valence-electron chi connectivity index (χ4n) is 1.96. The molecule has 0 rings (SSSR count). The van der Waals surface area contributed by atoms with Crippen LogP contribution in [0.5, 0.6) is 0 Å². The van der Waals surface area contributed by atoms with Crippen LogP contribution in [0.25, 0.3) is 0 Å². The summed E-state index contributed by atoms with van der Waals surface area (Å²) < 4.78 is 0. The average Bonchev–Trinajstić information content (AvgIpc) is 2.22. The second-order valence-electron chi connectivity index (χ2n) is 4.37. The fourth-order valence-corrected chi connectivity index (χ4v) is 1.96. The predicted molar refractivity (Wildman–Crippen MR) is 65.7 cm³/mol. The second kappa shape index (κ2) is 11.0. The summed E-state index contributed by atoms with van der Waals surface area (Å²) in [6, 6.07) is 0. The zero-order valence-electron chi connectivity index (χ0n) is 10.4. The van der Waals surface area contributed by atoms with Crippen molar-refractivity contribution >= 4 is 0 Å². The van der Waals surface area contributed by atoms with Crippen molar-refractivity contribution in [3.63, 3.8) is 0 Å². The normalized spacial score (nSPS) is 13.1. The van der Waals surface area contributed by atoms with Crippen LogP contribution in [-0.2, 0) is 0 Å². The lowest BCUT2D eigenvalue weighted by molar-refractivity contribution is 0.401. The van der Waals surface area contributed by atoms with Gasteiger partial charge >= 0.3 is 0 Å². The number of unbranched alkanes of at least 4 members (excludes halogenated alkanes) is 3. The first-order valence-electron chi connectivity index (χ1n) is 6.49. The van der Waals surface area contributed by atoms with Crippen molar-refractivity contribution in [2.45, 2.75) is 65.2 Å². The van der Waals surface area contributed by atoms with Gasteiger partial charge in [0.2, 0.25) is 0 Å². The number of nitrogens with one attached hydrogen (secondary N) is 1. The van der Waals surface area contributed by atoms with Crippen LogP contribution in [0.4, 0.5) is 0 Å². The maximum atomic E-state index is 3.20. The molecule has 1 atom stereocenters. The maximum absolute atomic E-state index is 3.20. The summed E-state index contributed by atoms with van der Waals surface area (Å²) in [5, 5.41) is 3.20. The van der Waals surface area contributed by atoms with Crippen LogP contribution in [0, 0.1) is 5.92 Å². The van der Waals surface area contributed by atoms with Gasteiger partial charge in [-0.3, -0.25) is 0 Å². The topological polar surface area (TPSA) is 12.0 Å². The van der Waals surface area contributed by atoms with E-state index in [0.717, 1.165) is 5.92 Å². The van der Waals surface area contributed by atoms with Crippen LogP contribution in [0.15, 0.2) is 0 Å². The summed E-state index contributed by atoms with van der Waals surface area (Å²) in [6.45, 7) is 5.82. The molecule has 0 aliphatic heterocycles. The lowest BCUT2D eigenvalue weighted by Crippen LogP contribution is -2.07. The molecule has 1 unspecified atom stereocenters. The molecule has 1 nitrogen and oxygen atoms in total. The first-order chi connectivity index (χ1) is 6.85. The van der Waals surface area contributed by atoms with E-state index < -0.39 is 0 Å². The van der Waals surface area contributed by atoms with Gasteiger partial charge in [-0.2, -0.15) is 0 Å². The van der Waals surface area contributed by atoms with Crippen LogP contribution in [0.3, 0.4) is 0 Å². The van der Waals surface area contributed by atoms with E-state index >= 15 is 0 Å². The highest BCUT2D eigenvalue weighted by molar-refractivity contribution is 4.58. The van der Waals surface area contributed by atoms with Crippen molar-refractivity contribution in [2.24, 2.45) is 5.92 Å². The van der Waals surface area contributed by atoms with E-state index in [0.29, 0.717) is 0 Å². The Morgan fingerprint density at radius 3 is 2.21 bits per heavy atom. The molecule has 0 aliphatic rings. The molecule has 86 valence electrons. The molecule has 14 heavy (non-hydrogen) atoms. The van der Waals surface area contributed by atoms with Crippen LogP contribution < -0.4 is 5.32 Å². The Morgan fingerprint density at radius 1 is 0.929 bits per heavy atom. The Labute approximate surface area is 90.7 Å². The minimum Gasteiger partial charge on any atom is -0.320 e. The molecule has 0 radical (unpaired) electrons. The van der Waals surface area contributed by atoms with Crippen molar-refractivity contribution in [1.82, 2.24) is 5.32 Å². The summed E-state index contributed by atoms with van der Waals surface area (Å²) in [5.74, 6) is 1.00. The van der Waals surface area contributed by atoms with Crippen molar-refractivity contribution in [3.05, 3.63) is 0 Å². The SMILES string of the molecule is CCCCC(CC)CCCCCNC. The third-order valence-corrected chi connectivity index (χ3v) is 3.08. The molecule has 0 aromatic carbocycles. The minimum atomic E-state index is 1.00. The van der Waals surface area contributed by atoms with Crippen molar-refractivity contribution in [1.29, 1.82) is 0 Å². The van der Waals surface area contributed by atoms with Gasteiger partial charge in [0.1, 0.15) is 0 Å². The molecular weight excluding hydrogens is 170 g/mol. The van der Waals surface area contributed by atoms with Crippen molar-refractivity contribution < 1.29 is 0 Å². The van der Waals surface area contributed by atoms with Crippen LogP contribution in [0.1, 0.15) is 65.2 Å². The van der Waals surface area contributed by atoms with Crippen molar-refractivity contribution in [3.8, 4) is 0 Å². The van der Waals surface area contributed by atoms with E-state index in [1.807, 2.05) is 7.05 Å². The molecule has 0 bridgehead atoms. The smallest absolute Gasteiger partial charge is 0.00519 e. The van der Waals surface area contributed by atoms with Gasteiger partial charge in [-0.1, -0.05) is 58.8 Å². The van der Waals surface area contributed by atoms with Gasteiger partial charge in [-0.15, -0.1) is 0 Å². The molecule has 0 saturated carbocycles. The van der Waals surface area contributed by atoms with E-state index in [2.05, 4.69) is 19.2 Å². The Bertz CT molecular complexity index is 101. The third kappa shape index (κ3) is 8.55. The Kier molecular flexibility index (Phi) is 11.0. The Hall–Kier alpha value is -0.0400. The maximum Gasteiger partial charge on any atom is -0.00519 e. The van der Waals surface area contributed by atoms with Gasteiger partial charge in [0.15, 0.2) is 0 Å². The molecule has 0 heterocycles. The van der Waals surface area contributed by atoms with Crippen LogP contribution in [0.2, 0.25) is 0 Å². The lowest BCUT2D eigenvalue weighted by atomic mass is 9.93. The first-order valence-corrected chi connectivity index (χ1v) is 6.49. The zero-order chi connectivity index (χ0) is 10.6. The molecule has 0 saturated heterocycles. The summed E-state index contributed by atoms with van der Waals surface area (Å²) in [7, 11) is 2.04. The zero-order valence-corrected chi connectivity index (χ0v) is 10.4. The third-order valence-electron chi connectivity index (χ3n) is 3.08. The Balaban J connectivity index is 3.24. The molecule has 1 heteroatoms. The van der Waals surface area contributed by atoms with Crippen LogP contribution in [-0.4, -0.2) is 13.6 Å². The summed E-state index contributed by atoms with van der Waals surface area (Å²) in [4.78, 5) is 0. The van der Waals surface area contributed by atoms with Gasteiger partial charge in [-0.05, 0) is 25.9 Å². The van der Waals surface area contributed by atoms with Crippen molar-refractivity contribution in [2.75, 3.05) is 13.6 Å². The molecule has 0 aromatic heterocycles. The van der Waals surface area contributed by atoms with Gasteiger partial charge in [0.25, 0.3) is 0 Å². The van der Waals surface area contributed by atoms with Gasteiger partial charge in [-0.25, -0.2) is 0 Å². The summed E-state index contributed by atoms with van der Waals surface area (Å²) in [5.41, 5.74) is 0. The molecule has 0 aliphatic carbocycles. The number of rotatable bonds is 10. The molecule has 0 amide bonds. The second-order valence-corrected chi connectivity index (χ2v) is 4.37. The van der Waals surface area contributed by atoms with Gasteiger partial charge in [0, 0.05) is 0 Å². The van der Waals surface area contributed by atoms with Crippen LogP contribution >= 0.6 is 0 Å². The Morgan fingerprint density at radius 2 is 1.64 bits per heavy atom. The summed E-state index contributed by atoms with van der Waals surface area (Å²) in [6.07, 6.45) is 11.3. The number of hydrogen-bond donors (Lipinski definition) is 1. The minimum absolute atomic E-state index is 1.00. The predicted octanol–water partition coefficient (Wildman–Crippen LogP) is 3.98. The quantitative estimate of drug-likeness (QED) is 0.525. The number of hydrogen-bond acceptors (Lipinski definition) is 1. The van der Waals surface area contributed by atoms with Gasteiger partial charge in [0.05, 0.1) is 0 Å². The molecule has 1 N–H and O–H groups in total. The first kappa shape index (κ1) is 14.0. The van der Waals surface area contributed by atoms with E-state index in [4.69, 9.17) is 0 Å². The van der Waals surface area contributed by atoms with E-state index in [9.17, 15) is 0 Å². The highest BCUT2D eigenvalue weighted by Gasteiger charge is 2.04. The molecular formula is C13H29N. The monoisotopic (exact) mass is 199 g/mol. The lowest BCUT2D eigenvalue weighted by Gasteiger charge is -2.13. The molecule has 0 spiro atoms. The molecule has 0 fully saturated rings.